The normalized spacial score (nSPS) is 10.2. The smallest absolute Gasteiger partial charge is 0.123 e. The molecule has 0 saturated carbocycles. The summed E-state index contributed by atoms with van der Waals surface area (Å²) in [4.78, 5) is 2.20. The number of rotatable bonds is 5. The summed E-state index contributed by atoms with van der Waals surface area (Å²) in [5.74, 6) is 0.907. The van der Waals surface area contributed by atoms with Gasteiger partial charge in [0.1, 0.15) is 5.75 Å². The zero-order valence-corrected chi connectivity index (χ0v) is 13.6. The van der Waals surface area contributed by atoms with Crippen molar-refractivity contribution in [3.8, 4) is 5.75 Å². The lowest BCUT2D eigenvalue weighted by molar-refractivity contribution is 0.409. The predicted molar refractivity (Wildman–Crippen MR) is 88.8 cm³/mol. The van der Waals surface area contributed by atoms with E-state index in [9.17, 15) is 0 Å². The predicted octanol–water partition coefficient (Wildman–Crippen LogP) is 4.14. The third kappa shape index (κ3) is 3.45. The second kappa shape index (κ2) is 6.66. The molecular weight excluding hydrogens is 316 g/mol. The van der Waals surface area contributed by atoms with Gasteiger partial charge in [-0.1, -0.05) is 22.0 Å². The molecule has 3 nitrogen and oxygen atoms in total. The van der Waals surface area contributed by atoms with Crippen LogP contribution in [0.5, 0.6) is 5.75 Å². The average Bonchev–Trinajstić information content (AvgIpc) is 2.47. The first-order chi connectivity index (χ1) is 9.63. The van der Waals surface area contributed by atoms with Crippen LogP contribution in [-0.2, 0) is 6.54 Å². The van der Waals surface area contributed by atoms with Crippen LogP contribution >= 0.6 is 15.9 Å². The molecule has 0 saturated heterocycles. The van der Waals surface area contributed by atoms with Crippen molar-refractivity contribution < 1.29 is 4.74 Å². The quantitative estimate of drug-likeness (QED) is 0.889. The maximum Gasteiger partial charge on any atom is 0.123 e. The summed E-state index contributed by atoms with van der Waals surface area (Å²) in [6.07, 6.45) is 0. The number of methoxy groups -OCH3 is 1. The van der Waals surface area contributed by atoms with E-state index in [0.29, 0.717) is 0 Å². The van der Waals surface area contributed by atoms with Crippen molar-refractivity contribution in [2.75, 3.05) is 31.4 Å². The van der Waals surface area contributed by atoms with Gasteiger partial charge in [0.05, 0.1) is 7.11 Å². The zero-order chi connectivity index (χ0) is 14.5. The van der Waals surface area contributed by atoms with E-state index in [1.165, 1.54) is 5.69 Å². The summed E-state index contributed by atoms with van der Waals surface area (Å²) in [6.45, 7) is 0.787. The Bertz CT molecular complexity index is 586. The molecule has 0 atom stereocenters. The SMILES string of the molecule is CNc1cccc(N(C)Cc2cc(Br)ccc2OC)c1. The van der Waals surface area contributed by atoms with Crippen LogP contribution in [0.25, 0.3) is 0 Å². The molecule has 0 radical (unpaired) electrons. The van der Waals surface area contributed by atoms with Gasteiger partial charge in [-0.25, -0.2) is 0 Å². The fraction of sp³-hybridized carbons (Fsp3) is 0.250. The standard InChI is InChI=1S/C16H19BrN2O/c1-18-14-5-4-6-15(10-14)19(2)11-12-9-13(17)7-8-16(12)20-3/h4-10,18H,11H2,1-3H3. The lowest BCUT2D eigenvalue weighted by atomic mass is 10.1. The van der Waals surface area contributed by atoms with Crippen LogP contribution in [0.2, 0.25) is 0 Å². The van der Waals surface area contributed by atoms with Gasteiger partial charge in [0.25, 0.3) is 0 Å². The van der Waals surface area contributed by atoms with Crippen LogP contribution in [0.1, 0.15) is 5.56 Å². The van der Waals surface area contributed by atoms with Crippen molar-refractivity contribution in [1.82, 2.24) is 0 Å². The van der Waals surface area contributed by atoms with Crippen molar-refractivity contribution in [1.29, 1.82) is 0 Å². The Hall–Kier alpha value is -1.68. The fourth-order valence-electron chi connectivity index (χ4n) is 2.12. The summed E-state index contributed by atoms with van der Waals surface area (Å²) in [5.41, 5.74) is 3.42. The third-order valence-corrected chi connectivity index (χ3v) is 3.72. The number of benzene rings is 2. The summed E-state index contributed by atoms with van der Waals surface area (Å²) >= 11 is 3.51. The van der Waals surface area contributed by atoms with Crippen molar-refractivity contribution in [2.45, 2.75) is 6.54 Å². The van der Waals surface area contributed by atoms with E-state index in [0.717, 1.165) is 28.0 Å². The lowest BCUT2D eigenvalue weighted by Crippen LogP contribution is -2.17. The highest BCUT2D eigenvalue weighted by Gasteiger charge is 2.08. The molecule has 0 amide bonds. The summed E-state index contributed by atoms with van der Waals surface area (Å²) < 4.78 is 6.48. The third-order valence-electron chi connectivity index (χ3n) is 3.23. The molecule has 2 aromatic rings. The van der Waals surface area contributed by atoms with Crippen LogP contribution in [0.4, 0.5) is 11.4 Å². The van der Waals surface area contributed by atoms with Crippen LogP contribution < -0.4 is 15.0 Å². The summed E-state index contributed by atoms with van der Waals surface area (Å²) in [5, 5.41) is 3.16. The highest BCUT2D eigenvalue weighted by molar-refractivity contribution is 9.10. The van der Waals surface area contributed by atoms with Gasteiger partial charge < -0.3 is 15.0 Å². The van der Waals surface area contributed by atoms with Crippen molar-refractivity contribution in [3.05, 3.63) is 52.5 Å². The van der Waals surface area contributed by atoms with Crippen molar-refractivity contribution in [2.24, 2.45) is 0 Å². The molecule has 0 unspecified atom stereocenters. The molecular formula is C16H19BrN2O. The number of nitrogens with one attached hydrogen (secondary N) is 1. The van der Waals surface area contributed by atoms with E-state index in [1.807, 2.05) is 19.2 Å². The van der Waals surface area contributed by atoms with E-state index in [1.54, 1.807) is 7.11 Å². The number of hydrogen-bond donors (Lipinski definition) is 1. The van der Waals surface area contributed by atoms with E-state index >= 15 is 0 Å². The molecule has 0 bridgehead atoms. The van der Waals surface area contributed by atoms with Gasteiger partial charge in [0.2, 0.25) is 0 Å². The summed E-state index contributed by atoms with van der Waals surface area (Å²) in [7, 11) is 5.71. The Balaban J connectivity index is 2.22. The molecule has 4 heteroatoms. The molecule has 0 aromatic heterocycles. The molecule has 0 aliphatic heterocycles. The first-order valence-electron chi connectivity index (χ1n) is 6.45. The second-order valence-corrected chi connectivity index (χ2v) is 5.53. The van der Waals surface area contributed by atoms with Crippen LogP contribution in [0.3, 0.4) is 0 Å². The average molecular weight is 335 g/mol. The first kappa shape index (κ1) is 14.7. The molecule has 0 aliphatic carbocycles. The van der Waals surface area contributed by atoms with Crippen LogP contribution in [0.15, 0.2) is 46.9 Å². The Morgan fingerprint density at radius 2 is 2.00 bits per heavy atom. The van der Waals surface area contributed by atoms with Crippen LogP contribution in [-0.4, -0.2) is 21.2 Å². The van der Waals surface area contributed by atoms with Crippen molar-refractivity contribution >= 4 is 27.3 Å². The lowest BCUT2D eigenvalue weighted by Gasteiger charge is -2.21. The number of anilines is 2. The highest BCUT2D eigenvalue weighted by atomic mass is 79.9. The topological polar surface area (TPSA) is 24.5 Å². The van der Waals surface area contributed by atoms with Gasteiger partial charge in [-0.2, -0.15) is 0 Å². The summed E-state index contributed by atoms with van der Waals surface area (Å²) in [6, 6.07) is 14.4. The molecule has 106 valence electrons. The molecule has 2 rings (SSSR count). The fourth-order valence-corrected chi connectivity index (χ4v) is 2.52. The number of ether oxygens (including phenoxy) is 1. The number of hydrogen-bond acceptors (Lipinski definition) is 3. The van der Waals surface area contributed by atoms with E-state index in [2.05, 4.69) is 63.5 Å². The minimum absolute atomic E-state index is 0.787. The molecule has 1 N–H and O–H groups in total. The Labute approximate surface area is 128 Å². The maximum atomic E-state index is 5.42. The Morgan fingerprint density at radius 1 is 1.20 bits per heavy atom. The van der Waals surface area contributed by atoms with Gasteiger partial charge in [0.15, 0.2) is 0 Å². The molecule has 20 heavy (non-hydrogen) atoms. The largest absolute Gasteiger partial charge is 0.496 e. The monoisotopic (exact) mass is 334 g/mol. The number of halogens is 1. The molecule has 0 aliphatic rings. The molecule has 0 spiro atoms. The van der Waals surface area contributed by atoms with Gasteiger partial charge in [-0.15, -0.1) is 0 Å². The second-order valence-electron chi connectivity index (χ2n) is 4.61. The van der Waals surface area contributed by atoms with Crippen molar-refractivity contribution in [3.63, 3.8) is 0 Å². The minimum Gasteiger partial charge on any atom is -0.496 e. The molecule has 0 heterocycles. The van der Waals surface area contributed by atoms with Gasteiger partial charge in [0, 0.05) is 42.1 Å². The zero-order valence-electron chi connectivity index (χ0n) is 12.0. The van der Waals surface area contributed by atoms with Gasteiger partial charge in [-0.3, -0.25) is 0 Å². The minimum atomic E-state index is 0.787. The molecule has 2 aromatic carbocycles. The maximum absolute atomic E-state index is 5.42. The van der Waals surface area contributed by atoms with E-state index in [4.69, 9.17) is 4.74 Å². The Kier molecular flexibility index (Phi) is 4.90. The Morgan fingerprint density at radius 3 is 2.70 bits per heavy atom. The van der Waals surface area contributed by atoms with Crippen LogP contribution in [0, 0.1) is 0 Å². The molecule has 0 fully saturated rings. The van der Waals surface area contributed by atoms with Gasteiger partial charge in [-0.05, 0) is 36.4 Å². The number of nitrogens with zero attached hydrogens (tertiary/aromatic N) is 1. The highest BCUT2D eigenvalue weighted by Crippen LogP contribution is 2.26. The first-order valence-corrected chi connectivity index (χ1v) is 7.24. The van der Waals surface area contributed by atoms with E-state index in [-0.39, 0.29) is 0 Å². The van der Waals surface area contributed by atoms with Gasteiger partial charge >= 0.3 is 0 Å². The van der Waals surface area contributed by atoms with E-state index < -0.39 is 0 Å².